The maximum absolute atomic E-state index is 12.3. The van der Waals surface area contributed by atoms with Crippen LogP contribution in [0.2, 0.25) is 0 Å². The van der Waals surface area contributed by atoms with Crippen LogP contribution in [0, 0.1) is 31.1 Å². The Bertz CT molecular complexity index is 863. The molecule has 1 aromatic heterocycles. The van der Waals surface area contributed by atoms with E-state index in [1.54, 1.807) is 0 Å². The molecule has 8 heteroatoms. The minimum absolute atomic E-state index is 0.164. The number of piperidine rings is 1. The van der Waals surface area contributed by atoms with E-state index < -0.39 is 24.4 Å². The van der Waals surface area contributed by atoms with Gasteiger partial charge in [0.25, 0.3) is 5.91 Å². The molecule has 0 radical (unpaired) electrons. The molecule has 1 aliphatic rings. The quantitative estimate of drug-likeness (QED) is 0.424. The van der Waals surface area contributed by atoms with E-state index in [-0.39, 0.29) is 18.0 Å². The molecule has 0 aliphatic carbocycles. The molecule has 2 N–H and O–H groups in total. The molecule has 0 aromatic carbocycles. The summed E-state index contributed by atoms with van der Waals surface area (Å²) in [5.74, 6) is -2.06. The highest BCUT2D eigenvalue weighted by molar-refractivity contribution is 5.99. The SMILES string of the molecule is CCCn1c(C)cc(/C=C(\C#N)C(=O)OCC(=O)N2CCC[C@@H](C(N)=O)C2)c1C. The number of amides is 2. The van der Waals surface area contributed by atoms with Gasteiger partial charge in [-0.05, 0) is 50.8 Å². The second-order valence-corrected chi connectivity index (χ2v) is 7.31. The zero-order chi connectivity index (χ0) is 21.6. The summed E-state index contributed by atoms with van der Waals surface area (Å²) in [5.41, 5.74) is 7.94. The number of nitrogens with two attached hydrogens (primary N) is 1. The van der Waals surface area contributed by atoms with E-state index in [9.17, 15) is 19.6 Å². The lowest BCUT2D eigenvalue weighted by molar-refractivity contribution is -0.150. The molecule has 0 spiro atoms. The summed E-state index contributed by atoms with van der Waals surface area (Å²) in [4.78, 5) is 37.4. The Morgan fingerprint density at radius 1 is 1.38 bits per heavy atom. The molecule has 0 bridgehead atoms. The summed E-state index contributed by atoms with van der Waals surface area (Å²) < 4.78 is 7.18. The fraction of sp³-hybridized carbons (Fsp3) is 0.524. The Labute approximate surface area is 170 Å². The first kappa shape index (κ1) is 22.2. The number of carbonyl (C=O) groups excluding carboxylic acids is 3. The lowest BCUT2D eigenvalue weighted by Gasteiger charge is -2.30. The van der Waals surface area contributed by atoms with Gasteiger partial charge in [0.1, 0.15) is 11.6 Å². The number of carbonyl (C=O) groups is 3. The van der Waals surface area contributed by atoms with Crippen LogP contribution < -0.4 is 5.73 Å². The first-order valence-electron chi connectivity index (χ1n) is 9.81. The number of nitrogens with zero attached hydrogens (tertiary/aromatic N) is 3. The topological polar surface area (TPSA) is 118 Å². The van der Waals surface area contributed by atoms with Crippen molar-refractivity contribution in [3.05, 3.63) is 28.6 Å². The van der Waals surface area contributed by atoms with Crippen molar-refractivity contribution in [3.63, 3.8) is 0 Å². The van der Waals surface area contributed by atoms with E-state index in [2.05, 4.69) is 11.5 Å². The van der Waals surface area contributed by atoms with Crippen molar-refractivity contribution >= 4 is 23.9 Å². The number of hydrogen-bond donors (Lipinski definition) is 1. The average molecular weight is 400 g/mol. The van der Waals surface area contributed by atoms with E-state index in [0.717, 1.165) is 29.9 Å². The Morgan fingerprint density at radius 3 is 2.72 bits per heavy atom. The number of ether oxygens (including phenoxy) is 1. The van der Waals surface area contributed by atoms with Gasteiger partial charge in [0.15, 0.2) is 6.61 Å². The van der Waals surface area contributed by atoms with E-state index in [0.29, 0.717) is 19.4 Å². The molecule has 1 aliphatic heterocycles. The van der Waals surface area contributed by atoms with Crippen molar-refractivity contribution in [2.45, 2.75) is 46.6 Å². The first-order valence-corrected chi connectivity index (χ1v) is 9.81. The maximum atomic E-state index is 12.3. The number of rotatable bonds is 7. The highest BCUT2D eigenvalue weighted by atomic mass is 16.5. The molecule has 8 nitrogen and oxygen atoms in total. The van der Waals surface area contributed by atoms with Gasteiger partial charge in [0.2, 0.25) is 5.91 Å². The fourth-order valence-corrected chi connectivity index (χ4v) is 3.57. The number of likely N-dealkylation sites (tertiary alicyclic amines) is 1. The van der Waals surface area contributed by atoms with Crippen LogP contribution in [-0.4, -0.2) is 46.9 Å². The Hall–Kier alpha value is -3.08. The van der Waals surface area contributed by atoms with Crippen molar-refractivity contribution in [3.8, 4) is 6.07 Å². The summed E-state index contributed by atoms with van der Waals surface area (Å²) in [7, 11) is 0. The third-order valence-corrected chi connectivity index (χ3v) is 5.20. The average Bonchev–Trinajstić information content (AvgIpc) is 2.97. The molecule has 1 atom stereocenters. The Morgan fingerprint density at radius 2 is 2.10 bits per heavy atom. The number of aryl methyl sites for hydroxylation is 1. The van der Waals surface area contributed by atoms with Gasteiger partial charge in [-0.25, -0.2) is 4.79 Å². The predicted octanol–water partition coefficient (Wildman–Crippen LogP) is 1.69. The second kappa shape index (κ2) is 9.92. The molecule has 1 saturated heterocycles. The molecule has 2 rings (SSSR count). The normalized spacial score (nSPS) is 17.0. The molecular weight excluding hydrogens is 372 g/mol. The molecule has 0 saturated carbocycles. The van der Waals surface area contributed by atoms with Crippen molar-refractivity contribution in [2.75, 3.05) is 19.7 Å². The molecule has 156 valence electrons. The van der Waals surface area contributed by atoms with Crippen LogP contribution in [0.25, 0.3) is 6.08 Å². The smallest absolute Gasteiger partial charge is 0.349 e. The molecule has 29 heavy (non-hydrogen) atoms. The van der Waals surface area contributed by atoms with Gasteiger partial charge < -0.3 is 19.9 Å². The zero-order valence-corrected chi connectivity index (χ0v) is 17.2. The first-order chi connectivity index (χ1) is 13.8. The van der Waals surface area contributed by atoms with Gasteiger partial charge in [-0.3, -0.25) is 9.59 Å². The second-order valence-electron chi connectivity index (χ2n) is 7.31. The lowest BCUT2D eigenvalue weighted by Crippen LogP contribution is -2.45. The minimum Gasteiger partial charge on any atom is -0.451 e. The number of hydrogen-bond acceptors (Lipinski definition) is 5. The van der Waals surface area contributed by atoms with Crippen LogP contribution >= 0.6 is 0 Å². The third kappa shape index (κ3) is 5.47. The predicted molar refractivity (Wildman–Crippen MR) is 107 cm³/mol. The minimum atomic E-state index is -0.843. The van der Waals surface area contributed by atoms with E-state index in [1.165, 1.54) is 11.0 Å². The van der Waals surface area contributed by atoms with Gasteiger partial charge in [0, 0.05) is 31.0 Å². The van der Waals surface area contributed by atoms with E-state index >= 15 is 0 Å². The molecule has 1 fully saturated rings. The molecule has 1 aromatic rings. The summed E-state index contributed by atoms with van der Waals surface area (Å²) in [6.07, 6.45) is 3.79. The number of primary amides is 1. The van der Waals surface area contributed by atoms with Crippen molar-refractivity contribution in [1.82, 2.24) is 9.47 Å². The fourth-order valence-electron chi connectivity index (χ4n) is 3.57. The van der Waals surface area contributed by atoms with Crippen LogP contribution in [0.1, 0.15) is 43.1 Å². The molecule has 0 unspecified atom stereocenters. The van der Waals surface area contributed by atoms with Crippen LogP contribution in [0.15, 0.2) is 11.6 Å². The number of aromatic nitrogens is 1. The van der Waals surface area contributed by atoms with Crippen LogP contribution in [-0.2, 0) is 25.7 Å². The van der Waals surface area contributed by atoms with Gasteiger partial charge in [-0.2, -0.15) is 5.26 Å². The summed E-state index contributed by atoms with van der Waals surface area (Å²) in [5, 5.41) is 9.37. The third-order valence-electron chi connectivity index (χ3n) is 5.20. The van der Waals surface area contributed by atoms with E-state index in [1.807, 2.05) is 26.0 Å². The van der Waals surface area contributed by atoms with E-state index in [4.69, 9.17) is 10.5 Å². The molecular formula is C21H28N4O4. The number of nitriles is 1. The van der Waals surface area contributed by atoms with Crippen molar-refractivity contribution < 1.29 is 19.1 Å². The van der Waals surface area contributed by atoms with Gasteiger partial charge in [-0.1, -0.05) is 6.92 Å². The standard InChI is InChI=1S/C21H28N4O4/c1-4-7-25-14(2)9-17(15(25)3)10-18(11-22)21(28)29-13-19(26)24-8-5-6-16(12-24)20(23)27/h9-10,16H,4-8,12-13H2,1-3H3,(H2,23,27)/b18-10+/t16-/m1/s1. The summed E-state index contributed by atoms with van der Waals surface area (Å²) >= 11 is 0. The maximum Gasteiger partial charge on any atom is 0.349 e. The van der Waals surface area contributed by atoms with Crippen LogP contribution in [0.4, 0.5) is 0 Å². The summed E-state index contributed by atoms with van der Waals surface area (Å²) in [6, 6.07) is 3.77. The lowest BCUT2D eigenvalue weighted by atomic mass is 9.97. The molecule has 2 amide bonds. The summed E-state index contributed by atoms with van der Waals surface area (Å²) in [6.45, 7) is 7.09. The Balaban J connectivity index is 2.02. The highest BCUT2D eigenvalue weighted by Gasteiger charge is 2.27. The van der Waals surface area contributed by atoms with Crippen LogP contribution in [0.5, 0.6) is 0 Å². The molecule has 2 heterocycles. The highest BCUT2D eigenvalue weighted by Crippen LogP contribution is 2.19. The Kier molecular flexibility index (Phi) is 7.59. The number of esters is 1. The van der Waals surface area contributed by atoms with Gasteiger partial charge >= 0.3 is 5.97 Å². The van der Waals surface area contributed by atoms with Crippen molar-refractivity contribution in [1.29, 1.82) is 5.26 Å². The zero-order valence-electron chi connectivity index (χ0n) is 17.2. The largest absolute Gasteiger partial charge is 0.451 e. The van der Waals surface area contributed by atoms with Crippen LogP contribution in [0.3, 0.4) is 0 Å². The van der Waals surface area contributed by atoms with Gasteiger partial charge in [0.05, 0.1) is 5.92 Å². The van der Waals surface area contributed by atoms with Crippen molar-refractivity contribution in [2.24, 2.45) is 11.7 Å². The van der Waals surface area contributed by atoms with Gasteiger partial charge in [-0.15, -0.1) is 0 Å². The monoisotopic (exact) mass is 400 g/mol.